The van der Waals surface area contributed by atoms with E-state index < -0.39 is 22.9 Å². The summed E-state index contributed by atoms with van der Waals surface area (Å²) in [5.74, 6) is -1.09. The first-order valence-electron chi connectivity index (χ1n) is 12.7. The SMILES string of the molecule is COc1ccccc1NC(=O)C(C)Sc1cccc(NC(=O)/C(=C/c2ccc(F)cc2)NC(=O)c2ccccc2)c1. The highest BCUT2D eigenvalue weighted by atomic mass is 32.2. The van der Waals surface area contributed by atoms with Crippen LogP contribution in [-0.4, -0.2) is 30.1 Å². The zero-order valence-electron chi connectivity index (χ0n) is 22.4. The lowest BCUT2D eigenvalue weighted by Gasteiger charge is -2.15. The second-order valence-corrected chi connectivity index (χ2v) is 10.3. The molecule has 0 heterocycles. The molecule has 41 heavy (non-hydrogen) atoms. The maximum atomic E-state index is 13.4. The molecule has 0 aliphatic rings. The molecule has 7 nitrogen and oxygen atoms in total. The molecule has 0 spiro atoms. The van der Waals surface area contributed by atoms with E-state index in [2.05, 4.69) is 16.0 Å². The molecule has 3 amide bonds. The number of para-hydroxylation sites is 2. The number of benzene rings is 4. The average Bonchev–Trinajstić information content (AvgIpc) is 2.98. The molecule has 4 aromatic rings. The Bertz CT molecular complexity index is 1560. The summed E-state index contributed by atoms with van der Waals surface area (Å²) < 4.78 is 18.7. The Morgan fingerprint density at radius 1 is 0.854 bits per heavy atom. The summed E-state index contributed by atoms with van der Waals surface area (Å²) in [6, 6.07) is 28.2. The molecule has 208 valence electrons. The van der Waals surface area contributed by atoms with Crippen LogP contribution >= 0.6 is 11.8 Å². The summed E-state index contributed by atoms with van der Waals surface area (Å²) in [6.07, 6.45) is 1.47. The summed E-state index contributed by atoms with van der Waals surface area (Å²) in [5, 5.41) is 7.88. The van der Waals surface area contributed by atoms with Gasteiger partial charge in [-0.05, 0) is 73.2 Å². The van der Waals surface area contributed by atoms with Crippen LogP contribution in [0, 0.1) is 5.82 Å². The molecule has 9 heteroatoms. The number of hydrogen-bond acceptors (Lipinski definition) is 5. The van der Waals surface area contributed by atoms with E-state index >= 15 is 0 Å². The standard InChI is InChI=1S/C32H28FN3O4S/c1-21(30(37)35-27-13-6-7-14-29(27)40-2)41-26-12-8-11-25(20-26)34-32(39)28(19-22-15-17-24(33)18-16-22)36-31(38)23-9-4-3-5-10-23/h3-21H,1-2H3,(H,34,39)(H,35,37)(H,36,38)/b28-19-. The number of thioether (sulfide) groups is 1. The van der Waals surface area contributed by atoms with Gasteiger partial charge in [0.05, 0.1) is 18.0 Å². The van der Waals surface area contributed by atoms with E-state index in [0.717, 1.165) is 4.90 Å². The molecule has 0 aliphatic heterocycles. The van der Waals surface area contributed by atoms with E-state index in [-0.39, 0.29) is 11.6 Å². The Morgan fingerprint density at radius 3 is 2.29 bits per heavy atom. The van der Waals surface area contributed by atoms with Gasteiger partial charge < -0.3 is 20.7 Å². The Balaban J connectivity index is 1.48. The fraction of sp³-hybridized carbons (Fsp3) is 0.0938. The molecule has 4 aromatic carbocycles. The highest BCUT2D eigenvalue weighted by molar-refractivity contribution is 8.00. The molecule has 0 saturated carbocycles. The van der Waals surface area contributed by atoms with Gasteiger partial charge in [-0.1, -0.05) is 48.5 Å². The lowest BCUT2D eigenvalue weighted by molar-refractivity contribution is -0.115. The Hall–Kier alpha value is -4.89. The third kappa shape index (κ3) is 8.30. The number of carbonyl (C=O) groups excluding carboxylic acids is 3. The molecule has 4 rings (SSSR count). The van der Waals surface area contributed by atoms with E-state index in [4.69, 9.17) is 4.74 Å². The topological polar surface area (TPSA) is 96.5 Å². The van der Waals surface area contributed by atoms with Crippen LogP contribution in [-0.2, 0) is 9.59 Å². The predicted molar refractivity (Wildman–Crippen MR) is 160 cm³/mol. The van der Waals surface area contributed by atoms with Crippen molar-refractivity contribution >= 4 is 46.9 Å². The van der Waals surface area contributed by atoms with Crippen molar-refractivity contribution in [2.75, 3.05) is 17.7 Å². The quantitative estimate of drug-likeness (QED) is 0.153. The van der Waals surface area contributed by atoms with Gasteiger partial charge in [0.25, 0.3) is 11.8 Å². The normalized spacial score (nSPS) is 11.7. The minimum Gasteiger partial charge on any atom is -0.495 e. The van der Waals surface area contributed by atoms with Crippen molar-refractivity contribution in [2.45, 2.75) is 17.1 Å². The third-order valence-electron chi connectivity index (χ3n) is 5.85. The second-order valence-electron chi connectivity index (χ2n) is 8.86. The first-order chi connectivity index (χ1) is 19.8. The molecular formula is C32H28FN3O4S. The Kier molecular flexibility index (Phi) is 9.90. The fourth-order valence-corrected chi connectivity index (χ4v) is 4.68. The zero-order valence-corrected chi connectivity index (χ0v) is 23.2. The largest absolute Gasteiger partial charge is 0.495 e. The van der Waals surface area contributed by atoms with Gasteiger partial charge in [-0.15, -0.1) is 11.8 Å². The first-order valence-corrected chi connectivity index (χ1v) is 13.6. The highest BCUT2D eigenvalue weighted by Gasteiger charge is 2.18. The van der Waals surface area contributed by atoms with Crippen LogP contribution < -0.4 is 20.7 Å². The monoisotopic (exact) mass is 569 g/mol. The maximum absolute atomic E-state index is 13.4. The van der Waals surface area contributed by atoms with Crippen molar-refractivity contribution in [3.05, 3.63) is 126 Å². The number of methoxy groups -OCH3 is 1. The van der Waals surface area contributed by atoms with E-state index in [1.54, 1.807) is 67.6 Å². The van der Waals surface area contributed by atoms with Crippen molar-refractivity contribution in [3.8, 4) is 5.75 Å². The van der Waals surface area contributed by atoms with Crippen molar-refractivity contribution in [1.82, 2.24) is 5.32 Å². The Morgan fingerprint density at radius 2 is 1.56 bits per heavy atom. The van der Waals surface area contributed by atoms with E-state index in [0.29, 0.717) is 28.3 Å². The summed E-state index contributed by atoms with van der Waals surface area (Å²) >= 11 is 1.32. The molecule has 1 atom stereocenters. The van der Waals surface area contributed by atoms with Gasteiger partial charge in [-0.2, -0.15) is 0 Å². The van der Waals surface area contributed by atoms with Crippen molar-refractivity contribution in [1.29, 1.82) is 0 Å². The highest BCUT2D eigenvalue weighted by Crippen LogP contribution is 2.29. The minimum atomic E-state index is -0.567. The molecule has 0 radical (unpaired) electrons. The number of hydrogen-bond donors (Lipinski definition) is 3. The summed E-state index contributed by atoms with van der Waals surface area (Å²) in [7, 11) is 1.54. The predicted octanol–water partition coefficient (Wildman–Crippen LogP) is 6.36. The fourth-order valence-electron chi connectivity index (χ4n) is 3.75. The maximum Gasteiger partial charge on any atom is 0.272 e. The zero-order chi connectivity index (χ0) is 29.2. The van der Waals surface area contributed by atoms with E-state index in [1.165, 1.54) is 49.2 Å². The Labute approximate surface area is 241 Å². The number of rotatable bonds is 10. The smallest absolute Gasteiger partial charge is 0.272 e. The minimum absolute atomic E-state index is 0.0203. The molecule has 3 N–H and O–H groups in total. The first kappa shape index (κ1) is 29.1. The lowest BCUT2D eigenvalue weighted by Crippen LogP contribution is -2.30. The summed E-state index contributed by atoms with van der Waals surface area (Å²) in [6.45, 7) is 1.78. The lowest BCUT2D eigenvalue weighted by atomic mass is 10.1. The number of amides is 3. The molecule has 0 aromatic heterocycles. The summed E-state index contributed by atoms with van der Waals surface area (Å²) in [5.41, 5.74) is 1.93. The summed E-state index contributed by atoms with van der Waals surface area (Å²) in [4.78, 5) is 39.7. The third-order valence-corrected chi connectivity index (χ3v) is 6.94. The van der Waals surface area contributed by atoms with Crippen LogP contribution in [0.25, 0.3) is 6.08 Å². The molecule has 0 saturated heterocycles. The molecule has 0 aliphatic carbocycles. The van der Waals surface area contributed by atoms with Crippen LogP contribution in [0.3, 0.4) is 0 Å². The van der Waals surface area contributed by atoms with Gasteiger partial charge >= 0.3 is 0 Å². The van der Waals surface area contributed by atoms with Gasteiger partial charge in [0.2, 0.25) is 5.91 Å². The van der Waals surface area contributed by atoms with Crippen LogP contribution in [0.15, 0.2) is 114 Å². The van der Waals surface area contributed by atoms with Gasteiger partial charge in [0, 0.05) is 16.1 Å². The number of ether oxygens (including phenoxy) is 1. The molecule has 1 unspecified atom stereocenters. The number of carbonyl (C=O) groups is 3. The van der Waals surface area contributed by atoms with Crippen molar-refractivity contribution in [3.63, 3.8) is 0 Å². The molecular weight excluding hydrogens is 541 g/mol. The second kappa shape index (κ2) is 14.0. The van der Waals surface area contributed by atoms with Gasteiger partial charge in [0.15, 0.2) is 0 Å². The number of anilines is 2. The van der Waals surface area contributed by atoms with Gasteiger partial charge in [-0.25, -0.2) is 4.39 Å². The van der Waals surface area contributed by atoms with Crippen molar-refractivity contribution in [2.24, 2.45) is 0 Å². The van der Waals surface area contributed by atoms with Gasteiger partial charge in [-0.3, -0.25) is 14.4 Å². The molecule has 0 fully saturated rings. The van der Waals surface area contributed by atoms with Crippen LogP contribution in [0.1, 0.15) is 22.8 Å². The number of nitrogens with one attached hydrogen (secondary N) is 3. The van der Waals surface area contributed by atoms with Crippen LogP contribution in [0.4, 0.5) is 15.8 Å². The van der Waals surface area contributed by atoms with E-state index in [9.17, 15) is 18.8 Å². The average molecular weight is 570 g/mol. The van der Waals surface area contributed by atoms with Crippen molar-refractivity contribution < 1.29 is 23.5 Å². The van der Waals surface area contributed by atoms with E-state index in [1.807, 2.05) is 18.2 Å². The number of halogens is 1. The van der Waals surface area contributed by atoms with Crippen LogP contribution in [0.2, 0.25) is 0 Å². The van der Waals surface area contributed by atoms with Crippen LogP contribution in [0.5, 0.6) is 5.75 Å². The molecule has 0 bridgehead atoms. The van der Waals surface area contributed by atoms with Gasteiger partial charge in [0.1, 0.15) is 17.3 Å².